The Balaban J connectivity index is 2.08. The van der Waals surface area contributed by atoms with Gasteiger partial charge in [-0.05, 0) is 6.42 Å². The number of anilines is 1. The topological polar surface area (TPSA) is 37.8 Å². The Morgan fingerprint density at radius 1 is 1.32 bits per heavy atom. The molecule has 2 heterocycles. The van der Waals surface area contributed by atoms with Gasteiger partial charge in [0, 0.05) is 23.5 Å². The molecule has 0 aliphatic heterocycles. The summed E-state index contributed by atoms with van der Waals surface area (Å²) in [7, 11) is 0. The second kappa shape index (κ2) is 6.01. The van der Waals surface area contributed by atoms with E-state index in [4.69, 9.17) is 0 Å². The van der Waals surface area contributed by atoms with Crippen LogP contribution in [0.1, 0.15) is 45.5 Å². The summed E-state index contributed by atoms with van der Waals surface area (Å²) in [5.41, 5.74) is 1.15. The third kappa shape index (κ3) is 3.76. The normalized spacial score (nSPS) is 11.8. The molecule has 0 saturated carbocycles. The number of aromatic nitrogens is 2. The van der Waals surface area contributed by atoms with Gasteiger partial charge in [-0.2, -0.15) is 0 Å². The zero-order valence-corrected chi connectivity index (χ0v) is 13.6. The summed E-state index contributed by atoms with van der Waals surface area (Å²) < 4.78 is 0. The molecule has 0 unspecified atom stereocenters. The predicted molar refractivity (Wildman–Crippen MR) is 85.3 cm³/mol. The number of thiazole rings is 2. The van der Waals surface area contributed by atoms with Crippen LogP contribution in [0.15, 0.2) is 11.6 Å². The first-order valence-corrected chi connectivity index (χ1v) is 8.36. The molecule has 0 aromatic carbocycles. The molecule has 0 spiro atoms. The maximum absolute atomic E-state index is 4.63. The maximum Gasteiger partial charge on any atom is 0.183 e. The summed E-state index contributed by atoms with van der Waals surface area (Å²) in [5, 5.41) is 7.64. The van der Waals surface area contributed by atoms with E-state index in [1.165, 1.54) is 12.8 Å². The van der Waals surface area contributed by atoms with E-state index in [0.717, 1.165) is 27.3 Å². The molecule has 0 aliphatic rings. The maximum atomic E-state index is 4.63. The van der Waals surface area contributed by atoms with Gasteiger partial charge < -0.3 is 5.32 Å². The smallest absolute Gasteiger partial charge is 0.183 e. The molecule has 5 heteroatoms. The zero-order chi connectivity index (χ0) is 13.9. The van der Waals surface area contributed by atoms with Crippen molar-refractivity contribution in [1.29, 1.82) is 0 Å². The average Bonchev–Trinajstić information content (AvgIpc) is 2.96. The van der Waals surface area contributed by atoms with Gasteiger partial charge in [-0.3, -0.25) is 0 Å². The summed E-state index contributed by atoms with van der Waals surface area (Å²) in [6.45, 7) is 9.76. The summed E-state index contributed by atoms with van der Waals surface area (Å²) in [5.74, 6) is 0. The fraction of sp³-hybridized carbons (Fsp3) is 0.571. The first-order chi connectivity index (χ1) is 9.00. The number of unbranched alkanes of at least 4 members (excludes halogenated alkanes) is 1. The van der Waals surface area contributed by atoms with Crippen molar-refractivity contribution in [3.63, 3.8) is 0 Å². The summed E-state index contributed by atoms with van der Waals surface area (Å²) >= 11 is 3.41. The summed E-state index contributed by atoms with van der Waals surface area (Å²) in [6.07, 6.45) is 4.33. The second-order valence-electron chi connectivity index (χ2n) is 5.60. The molecule has 0 fully saturated rings. The molecule has 1 N–H and O–H groups in total. The first-order valence-electron chi connectivity index (χ1n) is 6.67. The van der Waals surface area contributed by atoms with Crippen LogP contribution in [-0.2, 0) is 5.41 Å². The molecule has 2 aromatic rings. The van der Waals surface area contributed by atoms with Gasteiger partial charge in [0.1, 0.15) is 0 Å². The fourth-order valence-electron chi connectivity index (χ4n) is 1.58. The molecule has 104 valence electrons. The van der Waals surface area contributed by atoms with Crippen molar-refractivity contribution in [3.8, 4) is 10.6 Å². The van der Waals surface area contributed by atoms with E-state index in [-0.39, 0.29) is 5.41 Å². The number of hydrogen-bond donors (Lipinski definition) is 1. The molecule has 0 bridgehead atoms. The van der Waals surface area contributed by atoms with Crippen LogP contribution in [0.25, 0.3) is 10.6 Å². The van der Waals surface area contributed by atoms with Gasteiger partial charge in [0.2, 0.25) is 0 Å². The van der Waals surface area contributed by atoms with E-state index in [2.05, 4.69) is 48.4 Å². The lowest BCUT2D eigenvalue weighted by molar-refractivity contribution is 0.585. The highest BCUT2D eigenvalue weighted by Gasteiger charge is 2.19. The van der Waals surface area contributed by atoms with Crippen LogP contribution in [0, 0.1) is 0 Å². The van der Waals surface area contributed by atoms with Crippen LogP contribution in [0.5, 0.6) is 0 Å². The molecule has 0 atom stereocenters. The van der Waals surface area contributed by atoms with E-state index in [0.29, 0.717) is 0 Å². The fourth-order valence-corrected chi connectivity index (χ4v) is 3.33. The third-order valence-electron chi connectivity index (χ3n) is 2.71. The van der Waals surface area contributed by atoms with Crippen molar-refractivity contribution in [3.05, 3.63) is 16.6 Å². The highest BCUT2D eigenvalue weighted by atomic mass is 32.1. The lowest BCUT2D eigenvalue weighted by atomic mass is 9.98. The Kier molecular flexibility index (Phi) is 4.58. The van der Waals surface area contributed by atoms with Crippen molar-refractivity contribution in [2.75, 3.05) is 11.9 Å². The minimum atomic E-state index is 0.112. The Hall–Kier alpha value is -0.940. The Morgan fingerprint density at radius 2 is 2.11 bits per heavy atom. The zero-order valence-electron chi connectivity index (χ0n) is 12.0. The van der Waals surface area contributed by atoms with E-state index in [1.54, 1.807) is 22.7 Å². The van der Waals surface area contributed by atoms with Crippen LogP contribution < -0.4 is 5.32 Å². The molecular weight excluding hydrogens is 274 g/mol. The van der Waals surface area contributed by atoms with Crippen LogP contribution in [0.2, 0.25) is 0 Å². The summed E-state index contributed by atoms with van der Waals surface area (Å²) in [6, 6.07) is 0. The van der Waals surface area contributed by atoms with E-state index < -0.39 is 0 Å². The van der Waals surface area contributed by atoms with E-state index in [9.17, 15) is 0 Å². The standard InChI is InChI=1S/C14H21N3S2/c1-5-6-7-15-13-17-10(9-18-13)11-8-16-12(19-11)14(2,3)4/h8-9H,5-7H2,1-4H3,(H,15,17). The van der Waals surface area contributed by atoms with Crippen molar-refractivity contribution < 1.29 is 0 Å². The molecule has 0 amide bonds. The van der Waals surface area contributed by atoms with Crippen LogP contribution in [0.3, 0.4) is 0 Å². The predicted octanol–water partition coefficient (Wildman–Crippen LogP) is 4.78. The van der Waals surface area contributed by atoms with Crippen LogP contribution in [-0.4, -0.2) is 16.5 Å². The highest BCUT2D eigenvalue weighted by molar-refractivity contribution is 7.16. The van der Waals surface area contributed by atoms with Crippen molar-refractivity contribution in [1.82, 2.24) is 9.97 Å². The lowest BCUT2D eigenvalue weighted by Crippen LogP contribution is -2.09. The van der Waals surface area contributed by atoms with Gasteiger partial charge >= 0.3 is 0 Å². The molecular formula is C14H21N3S2. The lowest BCUT2D eigenvalue weighted by Gasteiger charge is -2.13. The first kappa shape index (κ1) is 14.5. The Morgan fingerprint density at radius 3 is 2.74 bits per heavy atom. The quantitative estimate of drug-likeness (QED) is 0.807. The monoisotopic (exact) mass is 295 g/mol. The van der Waals surface area contributed by atoms with E-state index in [1.807, 2.05) is 6.20 Å². The molecule has 0 radical (unpaired) electrons. The van der Waals surface area contributed by atoms with Gasteiger partial charge in [-0.1, -0.05) is 34.1 Å². The highest BCUT2D eigenvalue weighted by Crippen LogP contribution is 2.33. The number of hydrogen-bond acceptors (Lipinski definition) is 5. The van der Waals surface area contributed by atoms with Crippen molar-refractivity contribution >= 4 is 27.8 Å². The van der Waals surface area contributed by atoms with Crippen LogP contribution >= 0.6 is 22.7 Å². The van der Waals surface area contributed by atoms with Gasteiger partial charge in [-0.15, -0.1) is 22.7 Å². The van der Waals surface area contributed by atoms with E-state index >= 15 is 0 Å². The van der Waals surface area contributed by atoms with Gasteiger partial charge in [0.05, 0.1) is 15.6 Å². The molecule has 19 heavy (non-hydrogen) atoms. The minimum absolute atomic E-state index is 0.112. The Labute approximate surface area is 123 Å². The number of nitrogens with one attached hydrogen (secondary N) is 1. The summed E-state index contributed by atoms with van der Waals surface area (Å²) in [4.78, 5) is 10.3. The SMILES string of the molecule is CCCCNc1nc(-c2cnc(C(C)(C)C)s2)cs1. The minimum Gasteiger partial charge on any atom is -0.362 e. The molecule has 0 saturated heterocycles. The number of rotatable bonds is 5. The molecule has 2 rings (SSSR count). The number of nitrogens with zero attached hydrogens (tertiary/aromatic N) is 2. The van der Waals surface area contributed by atoms with Gasteiger partial charge in [0.15, 0.2) is 5.13 Å². The Bertz CT molecular complexity index is 523. The second-order valence-corrected chi connectivity index (χ2v) is 7.49. The largest absolute Gasteiger partial charge is 0.362 e. The van der Waals surface area contributed by atoms with Crippen molar-refractivity contribution in [2.24, 2.45) is 0 Å². The molecule has 0 aliphatic carbocycles. The van der Waals surface area contributed by atoms with Gasteiger partial charge in [-0.25, -0.2) is 9.97 Å². The average molecular weight is 295 g/mol. The van der Waals surface area contributed by atoms with Crippen LogP contribution in [0.4, 0.5) is 5.13 Å². The van der Waals surface area contributed by atoms with Crippen molar-refractivity contribution in [2.45, 2.75) is 46.0 Å². The third-order valence-corrected chi connectivity index (χ3v) is 4.96. The van der Waals surface area contributed by atoms with Gasteiger partial charge in [0.25, 0.3) is 0 Å². The molecule has 3 nitrogen and oxygen atoms in total. The molecule has 2 aromatic heterocycles.